The predicted octanol–water partition coefficient (Wildman–Crippen LogP) is 1.74. The molecule has 88 valence electrons. The third kappa shape index (κ3) is 2.67. The summed E-state index contributed by atoms with van der Waals surface area (Å²) in [5, 5.41) is 3.30. The molecule has 0 aromatic heterocycles. The average Bonchev–Trinajstić information content (AvgIpc) is 2.25. The van der Waals surface area contributed by atoms with Crippen molar-refractivity contribution in [2.75, 3.05) is 38.2 Å². The fourth-order valence-corrected chi connectivity index (χ4v) is 1.93. The second-order valence-electron chi connectivity index (χ2n) is 4.33. The van der Waals surface area contributed by atoms with E-state index >= 15 is 0 Å². The van der Waals surface area contributed by atoms with E-state index in [1.54, 1.807) is 0 Å². The fraction of sp³-hybridized carbons (Fsp3) is 0.538. The minimum atomic E-state index is 0.725. The molecule has 1 heterocycles. The topological polar surface area (TPSA) is 24.5 Å². The Bertz CT molecular complexity index is 319. The van der Waals surface area contributed by atoms with Gasteiger partial charge in [0, 0.05) is 38.3 Å². The summed E-state index contributed by atoms with van der Waals surface area (Å²) in [7, 11) is 2.15. The van der Waals surface area contributed by atoms with Crippen LogP contribution in [-0.2, 0) is 0 Å². The smallest absolute Gasteiger partial charge is 0.119 e. The van der Waals surface area contributed by atoms with Crippen molar-refractivity contribution in [2.24, 2.45) is 5.92 Å². The molecule has 1 aliphatic heterocycles. The second kappa shape index (κ2) is 5.21. The van der Waals surface area contributed by atoms with E-state index in [0.29, 0.717) is 0 Å². The van der Waals surface area contributed by atoms with Crippen LogP contribution in [0.2, 0.25) is 0 Å². The lowest BCUT2D eigenvalue weighted by atomic mass is 10.0. The van der Waals surface area contributed by atoms with Gasteiger partial charge < -0.3 is 15.0 Å². The van der Waals surface area contributed by atoms with E-state index in [1.807, 2.05) is 19.1 Å². The largest absolute Gasteiger partial charge is 0.494 e. The van der Waals surface area contributed by atoms with Gasteiger partial charge in [-0.2, -0.15) is 0 Å². The van der Waals surface area contributed by atoms with Crippen molar-refractivity contribution in [3.05, 3.63) is 24.3 Å². The van der Waals surface area contributed by atoms with E-state index in [-0.39, 0.29) is 0 Å². The zero-order valence-corrected chi connectivity index (χ0v) is 10.1. The average molecular weight is 220 g/mol. The molecule has 0 saturated carbocycles. The van der Waals surface area contributed by atoms with Crippen molar-refractivity contribution in [1.29, 1.82) is 0 Å². The quantitative estimate of drug-likeness (QED) is 0.818. The number of hydrogen-bond acceptors (Lipinski definition) is 3. The molecule has 2 rings (SSSR count). The summed E-state index contributed by atoms with van der Waals surface area (Å²) < 4.78 is 5.43. The molecule has 3 nitrogen and oxygen atoms in total. The van der Waals surface area contributed by atoms with Crippen LogP contribution in [0.5, 0.6) is 5.75 Å². The number of anilines is 1. The van der Waals surface area contributed by atoms with Crippen LogP contribution in [0, 0.1) is 5.92 Å². The first-order chi connectivity index (χ1) is 7.79. The van der Waals surface area contributed by atoms with Gasteiger partial charge in [-0.15, -0.1) is 0 Å². The lowest BCUT2D eigenvalue weighted by Crippen LogP contribution is -2.47. The first kappa shape index (κ1) is 11.3. The Kier molecular flexibility index (Phi) is 3.67. The summed E-state index contributed by atoms with van der Waals surface area (Å²) in [6.45, 7) is 6.16. The highest BCUT2D eigenvalue weighted by molar-refractivity contribution is 5.48. The van der Waals surface area contributed by atoms with Crippen molar-refractivity contribution in [3.63, 3.8) is 0 Å². The Balaban J connectivity index is 1.91. The van der Waals surface area contributed by atoms with Crippen LogP contribution in [0.15, 0.2) is 24.3 Å². The Hall–Kier alpha value is -1.22. The molecular formula is C13H20N2O. The Morgan fingerprint density at radius 2 is 2.00 bits per heavy atom. The predicted molar refractivity (Wildman–Crippen MR) is 67.2 cm³/mol. The Morgan fingerprint density at radius 3 is 2.50 bits per heavy atom. The van der Waals surface area contributed by atoms with Crippen molar-refractivity contribution in [2.45, 2.75) is 6.92 Å². The van der Waals surface area contributed by atoms with Crippen LogP contribution in [0.3, 0.4) is 0 Å². The van der Waals surface area contributed by atoms with Gasteiger partial charge in [0.1, 0.15) is 5.75 Å². The minimum absolute atomic E-state index is 0.725. The zero-order valence-electron chi connectivity index (χ0n) is 10.1. The van der Waals surface area contributed by atoms with Crippen LogP contribution in [0.1, 0.15) is 6.92 Å². The van der Waals surface area contributed by atoms with E-state index < -0.39 is 0 Å². The van der Waals surface area contributed by atoms with E-state index in [1.165, 1.54) is 5.69 Å². The van der Waals surface area contributed by atoms with Crippen molar-refractivity contribution < 1.29 is 4.74 Å². The molecule has 0 bridgehead atoms. The molecule has 0 amide bonds. The number of benzene rings is 1. The van der Waals surface area contributed by atoms with Crippen LogP contribution in [0.25, 0.3) is 0 Å². The van der Waals surface area contributed by atoms with Crippen LogP contribution in [-0.4, -0.2) is 33.3 Å². The Labute approximate surface area is 97.4 Å². The molecule has 16 heavy (non-hydrogen) atoms. The summed E-state index contributed by atoms with van der Waals surface area (Å²) in [5.41, 5.74) is 1.26. The number of nitrogens with zero attached hydrogens (tertiary/aromatic N) is 1. The molecule has 0 aliphatic carbocycles. The normalized spacial score (nSPS) is 15.6. The fourth-order valence-electron chi connectivity index (χ4n) is 1.93. The number of hydrogen-bond donors (Lipinski definition) is 1. The van der Waals surface area contributed by atoms with Gasteiger partial charge >= 0.3 is 0 Å². The lowest BCUT2D eigenvalue weighted by molar-refractivity contribution is 0.340. The van der Waals surface area contributed by atoms with Gasteiger partial charge in [-0.05, 0) is 31.2 Å². The standard InChI is InChI=1S/C13H20N2O/c1-3-16-13-6-4-12(5-7-13)15(2)10-11-8-14-9-11/h4-7,11,14H,3,8-10H2,1-2H3. The van der Waals surface area contributed by atoms with Crippen molar-refractivity contribution >= 4 is 5.69 Å². The molecule has 0 radical (unpaired) electrons. The molecule has 1 aromatic rings. The van der Waals surface area contributed by atoms with Crippen LogP contribution >= 0.6 is 0 Å². The van der Waals surface area contributed by atoms with E-state index in [0.717, 1.165) is 37.9 Å². The number of rotatable bonds is 5. The van der Waals surface area contributed by atoms with Crippen LogP contribution in [0.4, 0.5) is 5.69 Å². The van der Waals surface area contributed by atoms with E-state index in [2.05, 4.69) is 29.4 Å². The highest BCUT2D eigenvalue weighted by atomic mass is 16.5. The van der Waals surface area contributed by atoms with Gasteiger partial charge in [0.15, 0.2) is 0 Å². The third-order valence-electron chi connectivity index (χ3n) is 2.99. The van der Waals surface area contributed by atoms with E-state index in [4.69, 9.17) is 4.74 Å². The van der Waals surface area contributed by atoms with Gasteiger partial charge in [-0.25, -0.2) is 0 Å². The van der Waals surface area contributed by atoms with Gasteiger partial charge in [-0.1, -0.05) is 0 Å². The molecule has 1 saturated heterocycles. The highest BCUT2D eigenvalue weighted by Gasteiger charge is 2.18. The summed E-state index contributed by atoms with van der Waals surface area (Å²) in [4.78, 5) is 2.31. The van der Waals surface area contributed by atoms with Gasteiger partial charge in [0.2, 0.25) is 0 Å². The molecule has 0 spiro atoms. The maximum absolute atomic E-state index is 5.43. The third-order valence-corrected chi connectivity index (χ3v) is 2.99. The molecular weight excluding hydrogens is 200 g/mol. The SMILES string of the molecule is CCOc1ccc(N(C)CC2CNC2)cc1. The van der Waals surface area contributed by atoms with Crippen molar-refractivity contribution in [1.82, 2.24) is 5.32 Å². The summed E-state index contributed by atoms with van der Waals surface area (Å²) in [5.74, 6) is 1.75. The molecule has 3 heteroatoms. The molecule has 1 fully saturated rings. The minimum Gasteiger partial charge on any atom is -0.494 e. The molecule has 1 aromatic carbocycles. The zero-order chi connectivity index (χ0) is 11.4. The number of nitrogens with one attached hydrogen (secondary N) is 1. The molecule has 1 N–H and O–H groups in total. The van der Waals surface area contributed by atoms with Gasteiger partial charge in [0.25, 0.3) is 0 Å². The summed E-state index contributed by atoms with van der Waals surface area (Å²) in [6, 6.07) is 8.32. The highest BCUT2D eigenvalue weighted by Crippen LogP contribution is 2.19. The summed E-state index contributed by atoms with van der Waals surface area (Å²) >= 11 is 0. The summed E-state index contributed by atoms with van der Waals surface area (Å²) in [6.07, 6.45) is 0. The maximum atomic E-state index is 5.43. The molecule has 0 atom stereocenters. The Morgan fingerprint density at radius 1 is 1.31 bits per heavy atom. The van der Waals surface area contributed by atoms with Gasteiger partial charge in [0.05, 0.1) is 6.61 Å². The van der Waals surface area contributed by atoms with Gasteiger partial charge in [-0.3, -0.25) is 0 Å². The second-order valence-corrected chi connectivity index (χ2v) is 4.33. The first-order valence-corrected chi connectivity index (χ1v) is 5.94. The molecule has 0 unspecified atom stereocenters. The lowest BCUT2D eigenvalue weighted by Gasteiger charge is -2.32. The first-order valence-electron chi connectivity index (χ1n) is 5.94. The number of ether oxygens (including phenoxy) is 1. The maximum Gasteiger partial charge on any atom is 0.119 e. The van der Waals surface area contributed by atoms with E-state index in [9.17, 15) is 0 Å². The molecule has 1 aliphatic rings. The monoisotopic (exact) mass is 220 g/mol. The van der Waals surface area contributed by atoms with Crippen LogP contribution < -0.4 is 15.0 Å². The van der Waals surface area contributed by atoms with Crippen molar-refractivity contribution in [3.8, 4) is 5.75 Å².